The quantitative estimate of drug-likeness (QED) is 0.504. The molecule has 3 aromatic rings. The van der Waals surface area contributed by atoms with Gasteiger partial charge in [0.1, 0.15) is 40.5 Å². The fourth-order valence-corrected chi connectivity index (χ4v) is 4.56. The van der Waals surface area contributed by atoms with Crippen LogP contribution in [-0.4, -0.2) is 55.8 Å². The molecule has 0 aliphatic carbocycles. The lowest BCUT2D eigenvalue weighted by molar-refractivity contribution is -0.309. The number of nitrogens with zero attached hydrogens (tertiary/aromatic N) is 4. The molecule has 0 spiro atoms. The maximum Gasteiger partial charge on any atom is 0.184 e. The molecule has 6 atom stereocenters. The summed E-state index contributed by atoms with van der Waals surface area (Å²) < 4.78 is 20.3. The van der Waals surface area contributed by atoms with Crippen LogP contribution in [0.1, 0.15) is 29.6 Å². The second-order valence-corrected chi connectivity index (χ2v) is 8.92. The maximum absolute atomic E-state index is 11.1. The molecule has 168 valence electrons. The number of aliphatic hydroxyl groups excluding tert-OH is 1. The number of pyridine rings is 1. The Morgan fingerprint density at radius 2 is 2.03 bits per heavy atom. The van der Waals surface area contributed by atoms with E-state index in [1.807, 2.05) is 30.3 Å². The van der Waals surface area contributed by atoms with E-state index in [4.69, 9.17) is 31.5 Å². The van der Waals surface area contributed by atoms with E-state index in [2.05, 4.69) is 31.0 Å². The van der Waals surface area contributed by atoms with Crippen molar-refractivity contribution in [2.45, 2.75) is 43.7 Å². The van der Waals surface area contributed by atoms with Crippen molar-refractivity contribution in [2.24, 2.45) is 5.73 Å². The number of ether oxygens (including phenoxy) is 3. The summed E-state index contributed by atoms with van der Waals surface area (Å²) in [5.41, 5.74) is 7.89. The highest BCUT2D eigenvalue weighted by molar-refractivity contribution is 9.10. The molecular formula is C21H21BrClN5O4. The zero-order valence-corrected chi connectivity index (χ0v) is 19.3. The lowest BCUT2D eigenvalue weighted by Crippen LogP contribution is -2.62. The Labute approximate surface area is 197 Å². The number of hydrogen-bond acceptors (Lipinski definition) is 8. The molecule has 1 aromatic carbocycles. The number of rotatable bonds is 3. The van der Waals surface area contributed by atoms with E-state index < -0.39 is 36.7 Å². The summed E-state index contributed by atoms with van der Waals surface area (Å²) in [7, 11) is 0. The highest BCUT2D eigenvalue weighted by Gasteiger charge is 2.49. The summed E-state index contributed by atoms with van der Waals surface area (Å²) in [5, 5.41) is 16.0. The number of aromatic nitrogens is 4. The average molecular weight is 523 g/mol. The zero-order chi connectivity index (χ0) is 22.4. The molecule has 0 saturated carbocycles. The third kappa shape index (κ3) is 3.96. The Morgan fingerprint density at radius 3 is 2.81 bits per heavy atom. The lowest BCUT2D eigenvalue weighted by atomic mass is 9.92. The third-order valence-corrected chi connectivity index (χ3v) is 6.36. The van der Waals surface area contributed by atoms with Crippen LogP contribution in [0.5, 0.6) is 0 Å². The largest absolute Gasteiger partial charge is 0.388 e. The van der Waals surface area contributed by atoms with Gasteiger partial charge in [0, 0.05) is 11.8 Å². The van der Waals surface area contributed by atoms with Crippen LogP contribution >= 0.6 is 27.5 Å². The highest BCUT2D eigenvalue weighted by atomic mass is 79.9. The smallest absolute Gasteiger partial charge is 0.184 e. The van der Waals surface area contributed by atoms with Crippen LogP contribution in [-0.2, 0) is 14.2 Å². The third-order valence-electron chi connectivity index (χ3n) is 5.54. The average Bonchev–Trinajstić information content (AvgIpc) is 3.19. The van der Waals surface area contributed by atoms with Crippen molar-refractivity contribution in [3.8, 4) is 5.69 Å². The molecule has 2 fully saturated rings. The molecule has 0 bridgehead atoms. The standard InChI is InChI=1S/C21H21BrClN5O4/c1-10-26-20(28(27-10)13-7-12(23)8-25-19(13)22)18-16(29)15(24)17-14(31-18)9-30-21(32-17)11-5-3-2-4-6-11/h2-8,14-18,21,29H,9,24H2,1H3/t14?,15-,16?,17+,18-,21?/m1/s1. The lowest BCUT2D eigenvalue weighted by Gasteiger charge is -2.46. The van der Waals surface area contributed by atoms with Crippen molar-refractivity contribution in [3.05, 3.63) is 69.4 Å². The van der Waals surface area contributed by atoms with Crippen LogP contribution < -0.4 is 5.73 Å². The number of aliphatic hydroxyl groups is 1. The first-order chi connectivity index (χ1) is 15.4. The van der Waals surface area contributed by atoms with Gasteiger partial charge in [-0.3, -0.25) is 0 Å². The summed E-state index contributed by atoms with van der Waals surface area (Å²) in [6, 6.07) is 10.6. The molecule has 4 heterocycles. The van der Waals surface area contributed by atoms with Crippen molar-refractivity contribution in [3.63, 3.8) is 0 Å². The molecule has 11 heteroatoms. The molecule has 9 nitrogen and oxygen atoms in total. The van der Waals surface area contributed by atoms with Gasteiger partial charge in [0.15, 0.2) is 12.1 Å². The first-order valence-corrected chi connectivity index (χ1v) is 11.3. The van der Waals surface area contributed by atoms with Gasteiger partial charge in [-0.1, -0.05) is 41.9 Å². The van der Waals surface area contributed by atoms with Gasteiger partial charge in [0.05, 0.1) is 17.7 Å². The molecule has 2 aromatic heterocycles. The Kier molecular flexibility index (Phi) is 6.01. The van der Waals surface area contributed by atoms with Gasteiger partial charge in [-0.15, -0.1) is 0 Å². The predicted molar refractivity (Wildman–Crippen MR) is 118 cm³/mol. The molecule has 0 amide bonds. The minimum atomic E-state index is -1.08. The zero-order valence-electron chi connectivity index (χ0n) is 17.0. The van der Waals surface area contributed by atoms with Crippen LogP contribution in [0.25, 0.3) is 5.69 Å². The first kappa shape index (κ1) is 21.9. The van der Waals surface area contributed by atoms with Crippen LogP contribution in [0.4, 0.5) is 0 Å². The van der Waals surface area contributed by atoms with E-state index in [0.29, 0.717) is 27.0 Å². The Morgan fingerprint density at radius 1 is 1.25 bits per heavy atom. The molecule has 32 heavy (non-hydrogen) atoms. The van der Waals surface area contributed by atoms with Gasteiger partial charge in [0.25, 0.3) is 0 Å². The summed E-state index contributed by atoms with van der Waals surface area (Å²) in [4.78, 5) is 8.72. The fourth-order valence-electron chi connectivity index (χ4n) is 4.02. The van der Waals surface area contributed by atoms with Gasteiger partial charge < -0.3 is 25.1 Å². The molecule has 2 saturated heterocycles. The summed E-state index contributed by atoms with van der Waals surface area (Å²) in [6.07, 6.45) is -2.01. The van der Waals surface area contributed by atoms with Crippen molar-refractivity contribution in [1.29, 1.82) is 0 Å². The number of aryl methyl sites for hydroxylation is 1. The second kappa shape index (κ2) is 8.79. The maximum atomic E-state index is 11.1. The summed E-state index contributed by atoms with van der Waals surface area (Å²) in [5.74, 6) is 0.887. The minimum absolute atomic E-state index is 0.261. The predicted octanol–water partition coefficient (Wildman–Crippen LogP) is 2.63. The normalized spacial score (nSPS) is 30.2. The van der Waals surface area contributed by atoms with Crippen LogP contribution in [0, 0.1) is 6.92 Å². The highest BCUT2D eigenvalue weighted by Crippen LogP contribution is 2.38. The van der Waals surface area contributed by atoms with Crippen LogP contribution in [0.3, 0.4) is 0 Å². The van der Waals surface area contributed by atoms with Gasteiger partial charge in [0.2, 0.25) is 0 Å². The van der Waals surface area contributed by atoms with Crippen LogP contribution in [0.15, 0.2) is 47.2 Å². The van der Waals surface area contributed by atoms with E-state index in [9.17, 15) is 5.11 Å². The molecular weight excluding hydrogens is 502 g/mol. The van der Waals surface area contributed by atoms with E-state index in [-0.39, 0.29) is 6.61 Å². The van der Waals surface area contributed by atoms with E-state index in [0.717, 1.165) is 5.56 Å². The van der Waals surface area contributed by atoms with Crippen molar-refractivity contribution in [2.75, 3.05) is 6.61 Å². The molecule has 3 unspecified atom stereocenters. The molecule has 2 aliphatic rings. The second-order valence-electron chi connectivity index (χ2n) is 7.73. The van der Waals surface area contributed by atoms with Gasteiger partial charge in [-0.2, -0.15) is 5.10 Å². The SMILES string of the molecule is Cc1nc([C@@H]2OC3COC(c4ccccc4)O[C@@H]3[C@H](N)C2O)n(-c2cc(Cl)cnc2Br)n1. The van der Waals surface area contributed by atoms with Crippen LogP contribution in [0.2, 0.25) is 5.02 Å². The van der Waals surface area contributed by atoms with E-state index in [1.54, 1.807) is 17.7 Å². The van der Waals surface area contributed by atoms with Gasteiger partial charge in [-0.05, 0) is 28.9 Å². The van der Waals surface area contributed by atoms with Crippen molar-refractivity contribution >= 4 is 27.5 Å². The Hall–Kier alpha value is -1.92. The van der Waals surface area contributed by atoms with Gasteiger partial charge in [-0.25, -0.2) is 14.6 Å². The molecule has 0 radical (unpaired) electrons. The number of nitrogens with two attached hydrogens (primary N) is 1. The van der Waals surface area contributed by atoms with Crippen molar-refractivity contribution < 1.29 is 19.3 Å². The number of hydrogen-bond donors (Lipinski definition) is 2. The monoisotopic (exact) mass is 521 g/mol. The van der Waals surface area contributed by atoms with Gasteiger partial charge >= 0.3 is 0 Å². The number of halogens is 2. The minimum Gasteiger partial charge on any atom is -0.388 e. The summed E-state index contributed by atoms with van der Waals surface area (Å²) in [6.45, 7) is 2.01. The molecule has 3 N–H and O–H groups in total. The number of benzene rings is 1. The topological polar surface area (TPSA) is 118 Å². The van der Waals surface area contributed by atoms with E-state index >= 15 is 0 Å². The van der Waals surface area contributed by atoms with E-state index in [1.165, 1.54) is 6.20 Å². The molecule has 5 rings (SSSR count). The first-order valence-electron chi connectivity index (χ1n) is 10.1. The fraction of sp³-hybridized carbons (Fsp3) is 0.381. The van der Waals surface area contributed by atoms with Crippen molar-refractivity contribution in [1.82, 2.24) is 19.7 Å². The number of fused-ring (bicyclic) bond motifs is 1. The Bertz CT molecular complexity index is 1110. The Balaban J connectivity index is 1.44. The molecule has 2 aliphatic heterocycles. The summed E-state index contributed by atoms with van der Waals surface area (Å²) >= 11 is 9.56.